The van der Waals surface area contributed by atoms with Gasteiger partial charge in [-0.25, -0.2) is 8.78 Å². The van der Waals surface area contributed by atoms with E-state index in [1.165, 1.54) is 0 Å². The number of fused-ring (bicyclic) bond motifs is 1. The van der Waals surface area contributed by atoms with Crippen LogP contribution < -0.4 is 4.90 Å². The molecule has 0 bridgehead atoms. The van der Waals surface area contributed by atoms with E-state index in [-0.39, 0.29) is 4.90 Å². The fourth-order valence-electron chi connectivity index (χ4n) is 1.62. The number of amides is 1. The maximum atomic E-state index is 12.9. The second-order valence-electron chi connectivity index (χ2n) is 3.62. The topological polar surface area (TPSA) is 37.4 Å². The number of Topliss-reactive ketones (excluding diaryl/α,β-unsaturated/α-hetero) is 1. The van der Waals surface area contributed by atoms with Crippen molar-refractivity contribution in [3.8, 4) is 0 Å². The van der Waals surface area contributed by atoms with E-state index in [1.807, 2.05) is 0 Å². The Bertz CT molecular complexity index is 552. The largest absolute Gasteiger partial charge is 0.406 e. The van der Waals surface area contributed by atoms with Crippen LogP contribution in [0.1, 0.15) is 10.4 Å². The van der Waals surface area contributed by atoms with E-state index in [0.717, 1.165) is 0 Å². The summed E-state index contributed by atoms with van der Waals surface area (Å²) < 4.78 is 62.4. The summed E-state index contributed by atoms with van der Waals surface area (Å²) in [5.74, 6) is -5.56. The van der Waals surface area contributed by atoms with Gasteiger partial charge in [-0.05, 0) is 6.07 Å². The minimum absolute atomic E-state index is 0.0835. The van der Waals surface area contributed by atoms with E-state index in [0.29, 0.717) is 12.1 Å². The van der Waals surface area contributed by atoms with Gasteiger partial charge < -0.3 is 0 Å². The molecule has 0 aliphatic carbocycles. The summed E-state index contributed by atoms with van der Waals surface area (Å²) in [5.41, 5.74) is -1.13. The molecule has 1 aromatic rings. The molecule has 0 atom stereocenters. The van der Waals surface area contributed by atoms with Gasteiger partial charge in [0.1, 0.15) is 6.54 Å². The van der Waals surface area contributed by atoms with Crippen LogP contribution in [0.5, 0.6) is 0 Å². The van der Waals surface area contributed by atoms with Crippen molar-refractivity contribution in [3.63, 3.8) is 0 Å². The van der Waals surface area contributed by atoms with Gasteiger partial charge in [-0.2, -0.15) is 13.2 Å². The van der Waals surface area contributed by atoms with Crippen molar-refractivity contribution in [3.05, 3.63) is 29.3 Å². The molecule has 3 nitrogen and oxygen atoms in total. The Morgan fingerprint density at radius 2 is 1.61 bits per heavy atom. The number of carbonyl (C=O) groups is 2. The van der Waals surface area contributed by atoms with E-state index in [2.05, 4.69) is 0 Å². The number of nitrogens with zero attached hydrogens (tertiary/aromatic N) is 1. The molecule has 0 unspecified atom stereocenters. The predicted molar refractivity (Wildman–Crippen MR) is 49.1 cm³/mol. The van der Waals surface area contributed by atoms with E-state index >= 15 is 0 Å². The minimum atomic E-state index is -4.75. The lowest BCUT2D eigenvalue weighted by atomic mass is 10.1. The summed E-state index contributed by atoms with van der Waals surface area (Å²) in [6, 6.07) is 0.820. The molecule has 0 aromatic heterocycles. The van der Waals surface area contributed by atoms with Crippen LogP contribution in [0, 0.1) is 11.6 Å². The SMILES string of the molecule is O=C1C(=O)N(CC(F)(F)F)c2cc(F)c(F)cc21. The molecule has 1 aliphatic heterocycles. The van der Waals surface area contributed by atoms with Gasteiger partial charge in [0.15, 0.2) is 11.6 Å². The molecule has 2 rings (SSSR count). The molecule has 0 saturated carbocycles. The molecule has 8 heteroatoms. The Kier molecular flexibility index (Phi) is 2.60. The third kappa shape index (κ3) is 1.93. The number of rotatable bonds is 1. The molecule has 0 saturated heterocycles. The van der Waals surface area contributed by atoms with Crippen molar-refractivity contribution in [2.45, 2.75) is 6.18 Å². The van der Waals surface area contributed by atoms with Crippen LogP contribution in [-0.4, -0.2) is 24.4 Å². The average Bonchev–Trinajstić information content (AvgIpc) is 2.44. The molecule has 1 amide bonds. The highest BCUT2D eigenvalue weighted by molar-refractivity contribution is 6.52. The Morgan fingerprint density at radius 3 is 2.17 bits per heavy atom. The van der Waals surface area contributed by atoms with Gasteiger partial charge in [0.2, 0.25) is 0 Å². The summed E-state index contributed by atoms with van der Waals surface area (Å²) >= 11 is 0. The highest BCUT2D eigenvalue weighted by Gasteiger charge is 2.43. The van der Waals surface area contributed by atoms with Crippen LogP contribution in [0.25, 0.3) is 0 Å². The van der Waals surface area contributed by atoms with Crippen LogP contribution in [0.15, 0.2) is 12.1 Å². The summed E-state index contributed by atoms with van der Waals surface area (Å²) in [7, 11) is 0. The van der Waals surface area contributed by atoms with Crippen LogP contribution in [-0.2, 0) is 4.79 Å². The normalized spacial score (nSPS) is 15.3. The van der Waals surface area contributed by atoms with E-state index in [9.17, 15) is 31.5 Å². The number of alkyl halides is 3. The zero-order valence-electron chi connectivity index (χ0n) is 8.52. The van der Waals surface area contributed by atoms with Crippen molar-refractivity contribution in [1.29, 1.82) is 0 Å². The molecule has 18 heavy (non-hydrogen) atoms. The Balaban J connectivity index is 2.52. The molecule has 0 N–H and O–H groups in total. The second-order valence-corrected chi connectivity index (χ2v) is 3.62. The number of hydrogen-bond acceptors (Lipinski definition) is 2. The fraction of sp³-hybridized carbons (Fsp3) is 0.200. The Labute approximate surface area is 96.8 Å². The maximum absolute atomic E-state index is 12.9. The van der Waals surface area contributed by atoms with Gasteiger partial charge in [0, 0.05) is 6.07 Å². The lowest BCUT2D eigenvalue weighted by Crippen LogP contribution is -2.38. The van der Waals surface area contributed by atoms with Gasteiger partial charge in [0.05, 0.1) is 11.3 Å². The zero-order valence-corrected chi connectivity index (χ0v) is 8.52. The first kappa shape index (κ1) is 12.5. The average molecular weight is 265 g/mol. The van der Waals surface area contributed by atoms with Crippen molar-refractivity contribution < 1.29 is 31.5 Å². The van der Waals surface area contributed by atoms with Gasteiger partial charge in [-0.1, -0.05) is 0 Å². The number of hydrogen-bond donors (Lipinski definition) is 0. The zero-order chi connectivity index (χ0) is 13.7. The second kappa shape index (κ2) is 3.76. The van der Waals surface area contributed by atoms with Crippen molar-refractivity contribution >= 4 is 17.4 Å². The number of halogens is 5. The highest BCUT2D eigenvalue weighted by Crippen LogP contribution is 2.33. The molecule has 0 spiro atoms. The first-order valence-electron chi connectivity index (χ1n) is 4.62. The molecular formula is C10H4F5NO2. The minimum Gasteiger partial charge on any atom is -0.296 e. The van der Waals surface area contributed by atoms with E-state index in [4.69, 9.17) is 0 Å². The summed E-state index contributed by atoms with van der Waals surface area (Å²) in [6.07, 6.45) is -4.75. The summed E-state index contributed by atoms with van der Waals surface area (Å²) in [6.45, 7) is -1.73. The van der Waals surface area contributed by atoms with Crippen LogP contribution in [0.4, 0.5) is 27.6 Å². The molecule has 1 aliphatic rings. The first-order valence-corrected chi connectivity index (χ1v) is 4.62. The summed E-state index contributed by atoms with van der Waals surface area (Å²) in [4.78, 5) is 22.7. The highest BCUT2D eigenvalue weighted by atomic mass is 19.4. The predicted octanol–water partition coefficient (Wildman–Crippen LogP) is 2.06. The van der Waals surface area contributed by atoms with Gasteiger partial charge in [0.25, 0.3) is 11.7 Å². The molecule has 96 valence electrons. The lowest BCUT2D eigenvalue weighted by Gasteiger charge is -2.18. The molecule has 0 radical (unpaired) electrons. The van der Waals surface area contributed by atoms with Gasteiger partial charge in [-0.3, -0.25) is 14.5 Å². The molecule has 0 fully saturated rings. The number of carbonyl (C=O) groups excluding carboxylic acids is 2. The molecule has 1 aromatic carbocycles. The lowest BCUT2D eigenvalue weighted by molar-refractivity contribution is -0.129. The smallest absolute Gasteiger partial charge is 0.296 e. The Hall–Kier alpha value is -1.99. The number of ketones is 1. The standard InChI is InChI=1S/C10H4F5NO2/c11-5-1-4-7(2-6(5)12)16(3-10(13,14)15)9(18)8(4)17/h1-2H,3H2. The van der Waals surface area contributed by atoms with Crippen molar-refractivity contribution in [1.82, 2.24) is 0 Å². The fourth-order valence-corrected chi connectivity index (χ4v) is 1.62. The van der Waals surface area contributed by atoms with E-state index < -0.39 is 47.3 Å². The monoisotopic (exact) mass is 265 g/mol. The summed E-state index contributed by atoms with van der Waals surface area (Å²) in [5, 5.41) is 0. The first-order chi connectivity index (χ1) is 8.20. The molecule has 1 heterocycles. The number of benzene rings is 1. The third-order valence-electron chi connectivity index (χ3n) is 2.35. The van der Waals surface area contributed by atoms with Crippen LogP contribution >= 0.6 is 0 Å². The van der Waals surface area contributed by atoms with Crippen LogP contribution in [0.2, 0.25) is 0 Å². The van der Waals surface area contributed by atoms with Crippen molar-refractivity contribution in [2.75, 3.05) is 11.4 Å². The van der Waals surface area contributed by atoms with Gasteiger partial charge >= 0.3 is 6.18 Å². The number of anilines is 1. The van der Waals surface area contributed by atoms with Crippen molar-refractivity contribution in [2.24, 2.45) is 0 Å². The van der Waals surface area contributed by atoms with Gasteiger partial charge in [-0.15, -0.1) is 0 Å². The third-order valence-corrected chi connectivity index (χ3v) is 2.35. The van der Waals surface area contributed by atoms with Crippen LogP contribution in [0.3, 0.4) is 0 Å². The Morgan fingerprint density at radius 1 is 1.06 bits per heavy atom. The molecular weight excluding hydrogens is 261 g/mol. The maximum Gasteiger partial charge on any atom is 0.406 e. The quantitative estimate of drug-likeness (QED) is 0.575. The van der Waals surface area contributed by atoms with E-state index in [1.54, 1.807) is 0 Å².